The predicted molar refractivity (Wildman–Crippen MR) is 60.3 cm³/mol. The van der Waals surface area contributed by atoms with Crippen LogP contribution < -0.4 is 5.73 Å². The summed E-state index contributed by atoms with van der Waals surface area (Å²) in [6.07, 6.45) is 1.06. The van der Waals surface area contributed by atoms with Gasteiger partial charge in [-0.25, -0.2) is 0 Å². The van der Waals surface area contributed by atoms with Crippen LogP contribution in [0.15, 0.2) is 18.2 Å². The zero-order valence-electron chi connectivity index (χ0n) is 8.72. The smallest absolute Gasteiger partial charge is 0.0491 e. The molecule has 0 aliphatic carbocycles. The summed E-state index contributed by atoms with van der Waals surface area (Å²) in [6, 6.07) is 6.41. The third kappa shape index (κ3) is 1.23. The first-order valence-corrected chi connectivity index (χ1v) is 5.07. The minimum atomic E-state index is 0.610. The van der Waals surface area contributed by atoms with Gasteiger partial charge in [0.2, 0.25) is 0 Å². The van der Waals surface area contributed by atoms with Crippen molar-refractivity contribution in [3.63, 3.8) is 0 Å². The average molecular weight is 188 g/mol. The van der Waals surface area contributed by atoms with Gasteiger partial charge in [-0.3, -0.25) is 0 Å². The van der Waals surface area contributed by atoms with Crippen LogP contribution in [0.4, 0.5) is 0 Å². The van der Waals surface area contributed by atoms with Crippen LogP contribution in [0, 0.1) is 6.92 Å². The fraction of sp³-hybridized carbons (Fsp3) is 0.333. The van der Waals surface area contributed by atoms with Gasteiger partial charge in [-0.1, -0.05) is 25.1 Å². The Hall–Kier alpha value is -1.28. The van der Waals surface area contributed by atoms with E-state index in [9.17, 15) is 0 Å². The lowest BCUT2D eigenvalue weighted by Crippen LogP contribution is -1.96. The third-order valence-corrected chi connectivity index (χ3v) is 2.83. The molecular weight excluding hydrogens is 172 g/mol. The van der Waals surface area contributed by atoms with Crippen LogP contribution in [0.1, 0.15) is 23.7 Å². The van der Waals surface area contributed by atoms with Crippen molar-refractivity contribution in [1.82, 2.24) is 4.98 Å². The molecule has 0 saturated heterocycles. The number of fused-ring (bicyclic) bond motifs is 1. The maximum atomic E-state index is 5.73. The van der Waals surface area contributed by atoms with Crippen molar-refractivity contribution in [2.45, 2.75) is 26.8 Å². The molecule has 0 saturated carbocycles. The molecule has 0 fully saturated rings. The van der Waals surface area contributed by atoms with Gasteiger partial charge in [-0.15, -0.1) is 0 Å². The van der Waals surface area contributed by atoms with Crippen LogP contribution in [0.25, 0.3) is 10.9 Å². The monoisotopic (exact) mass is 188 g/mol. The molecule has 0 amide bonds. The minimum Gasteiger partial charge on any atom is -0.358 e. The van der Waals surface area contributed by atoms with Gasteiger partial charge in [0.1, 0.15) is 0 Å². The fourth-order valence-corrected chi connectivity index (χ4v) is 2.02. The molecule has 1 heterocycles. The number of nitrogens with two attached hydrogens (primary N) is 1. The lowest BCUT2D eigenvalue weighted by Gasteiger charge is -1.99. The van der Waals surface area contributed by atoms with Crippen LogP contribution in [0.5, 0.6) is 0 Å². The molecule has 74 valence electrons. The van der Waals surface area contributed by atoms with Gasteiger partial charge >= 0.3 is 0 Å². The van der Waals surface area contributed by atoms with E-state index in [-0.39, 0.29) is 0 Å². The molecule has 0 bridgehead atoms. The molecule has 2 heteroatoms. The molecule has 3 N–H and O–H groups in total. The topological polar surface area (TPSA) is 41.8 Å². The van der Waals surface area contributed by atoms with E-state index in [2.05, 4.69) is 37.0 Å². The Kier molecular flexibility index (Phi) is 2.30. The summed E-state index contributed by atoms with van der Waals surface area (Å²) in [5, 5.41) is 1.28. The number of hydrogen-bond donors (Lipinski definition) is 2. The van der Waals surface area contributed by atoms with Crippen molar-refractivity contribution < 1.29 is 0 Å². The van der Waals surface area contributed by atoms with Crippen LogP contribution in [0.3, 0.4) is 0 Å². The summed E-state index contributed by atoms with van der Waals surface area (Å²) < 4.78 is 0. The normalized spacial score (nSPS) is 11.1. The van der Waals surface area contributed by atoms with Gasteiger partial charge in [0.15, 0.2) is 0 Å². The molecular formula is C12H16N2. The molecule has 0 aliphatic rings. The Balaban J connectivity index is 2.79. The molecule has 0 unspecified atom stereocenters. The largest absolute Gasteiger partial charge is 0.358 e. The number of hydrogen-bond acceptors (Lipinski definition) is 1. The van der Waals surface area contributed by atoms with Crippen LogP contribution in [0.2, 0.25) is 0 Å². The van der Waals surface area contributed by atoms with Crippen LogP contribution in [-0.2, 0) is 13.0 Å². The lowest BCUT2D eigenvalue weighted by atomic mass is 10.1. The molecule has 0 atom stereocenters. The van der Waals surface area contributed by atoms with Crippen molar-refractivity contribution >= 4 is 10.9 Å². The number of rotatable bonds is 2. The summed E-state index contributed by atoms with van der Waals surface area (Å²) in [6.45, 7) is 4.87. The highest BCUT2D eigenvalue weighted by molar-refractivity contribution is 5.87. The van der Waals surface area contributed by atoms with Gasteiger partial charge in [0.05, 0.1) is 0 Å². The quantitative estimate of drug-likeness (QED) is 0.747. The van der Waals surface area contributed by atoms with Crippen LogP contribution >= 0.6 is 0 Å². The van der Waals surface area contributed by atoms with Gasteiger partial charge in [0.25, 0.3) is 0 Å². The molecule has 0 radical (unpaired) electrons. The fourth-order valence-electron chi connectivity index (χ4n) is 2.02. The molecule has 2 nitrogen and oxygen atoms in total. The van der Waals surface area contributed by atoms with E-state index in [0.717, 1.165) is 6.42 Å². The zero-order valence-corrected chi connectivity index (χ0v) is 8.72. The summed E-state index contributed by atoms with van der Waals surface area (Å²) in [5.41, 5.74) is 10.8. The van der Waals surface area contributed by atoms with Crippen molar-refractivity contribution in [2.75, 3.05) is 0 Å². The highest BCUT2D eigenvalue weighted by atomic mass is 14.7. The van der Waals surface area contributed by atoms with Gasteiger partial charge in [0, 0.05) is 23.1 Å². The van der Waals surface area contributed by atoms with Crippen molar-refractivity contribution in [3.8, 4) is 0 Å². The number of para-hydroxylation sites is 1. The lowest BCUT2D eigenvalue weighted by molar-refractivity contribution is 1.05. The summed E-state index contributed by atoms with van der Waals surface area (Å²) in [7, 11) is 0. The third-order valence-electron chi connectivity index (χ3n) is 2.83. The second-order valence-corrected chi connectivity index (χ2v) is 3.63. The zero-order chi connectivity index (χ0) is 10.1. The maximum Gasteiger partial charge on any atom is 0.0491 e. The number of aromatic amines is 1. The van der Waals surface area contributed by atoms with E-state index >= 15 is 0 Å². The standard InChI is InChI=1S/C12H16N2/c1-3-9-5-4-6-10-11(7-13)8(2)14-12(9)10/h4-6,14H,3,7,13H2,1-2H3. The first kappa shape index (κ1) is 9.28. The Labute approximate surface area is 84.1 Å². The first-order chi connectivity index (χ1) is 6.77. The molecule has 1 aromatic heterocycles. The Morgan fingerprint density at radius 3 is 2.79 bits per heavy atom. The predicted octanol–water partition coefficient (Wildman–Crippen LogP) is 2.50. The number of nitrogens with one attached hydrogen (secondary N) is 1. The Morgan fingerprint density at radius 1 is 1.36 bits per heavy atom. The maximum absolute atomic E-state index is 5.73. The number of aryl methyl sites for hydroxylation is 2. The molecule has 1 aromatic carbocycles. The Morgan fingerprint density at radius 2 is 2.14 bits per heavy atom. The molecule has 2 aromatic rings. The van der Waals surface area contributed by atoms with E-state index in [1.807, 2.05) is 0 Å². The van der Waals surface area contributed by atoms with Crippen LogP contribution in [-0.4, -0.2) is 4.98 Å². The summed E-state index contributed by atoms with van der Waals surface area (Å²) in [5.74, 6) is 0. The minimum absolute atomic E-state index is 0.610. The second kappa shape index (κ2) is 3.46. The van der Waals surface area contributed by atoms with Gasteiger partial charge < -0.3 is 10.7 Å². The van der Waals surface area contributed by atoms with Crippen molar-refractivity contribution in [3.05, 3.63) is 35.0 Å². The second-order valence-electron chi connectivity index (χ2n) is 3.63. The van der Waals surface area contributed by atoms with Gasteiger partial charge in [-0.05, 0) is 24.5 Å². The van der Waals surface area contributed by atoms with E-state index in [0.29, 0.717) is 6.54 Å². The van der Waals surface area contributed by atoms with E-state index in [1.165, 1.54) is 27.7 Å². The molecule has 2 rings (SSSR count). The van der Waals surface area contributed by atoms with E-state index in [1.54, 1.807) is 0 Å². The van der Waals surface area contributed by atoms with E-state index < -0.39 is 0 Å². The Bertz CT molecular complexity index is 455. The first-order valence-electron chi connectivity index (χ1n) is 5.07. The summed E-state index contributed by atoms with van der Waals surface area (Å²) in [4.78, 5) is 3.42. The van der Waals surface area contributed by atoms with Gasteiger partial charge in [-0.2, -0.15) is 0 Å². The number of H-pyrrole nitrogens is 1. The average Bonchev–Trinajstić information content (AvgIpc) is 2.52. The summed E-state index contributed by atoms with van der Waals surface area (Å²) >= 11 is 0. The highest BCUT2D eigenvalue weighted by Gasteiger charge is 2.08. The van der Waals surface area contributed by atoms with Crippen molar-refractivity contribution in [1.29, 1.82) is 0 Å². The number of benzene rings is 1. The number of aromatic nitrogens is 1. The molecule has 0 aliphatic heterocycles. The molecule has 0 spiro atoms. The van der Waals surface area contributed by atoms with Crippen molar-refractivity contribution in [2.24, 2.45) is 5.73 Å². The SMILES string of the molecule is CCc1cccc2c(CN)c(C)[nH]c12. The van der Waals surface area contributed by atoms with E-state index in [4.69, 9.17) is 5.73 Å². The molecule has 14 heavy (non-hydrogen) atoms. The highest BCUT2D eigenvalue weighted by Crippen LogP contribution is 2.24.